The molecular formula is C14H19ClN2O5S2. The summed E-state index contributed by atoms with van der Waals surface area (Å²) >= 11 is 5.72. The molecule has 7 nitrogen and oxygen atoms in total. The van der Waals surface area contributed by atoms with E-state index in [-0.39, 0.29) is 23.6 Å². The number of sulfonamides is 1. The molecule has 0 aliphatic heterocycles. The summed E-state index contributed by atoms with van der Waals surface area (Å²) in [5.74, 6) is -0.960. The molecule has 1 rings (SSSR count). The summed E-state index contributed by atoms with van der Waals surface area (Å²) in [4.78, 5) is 12.0. The van der Waals surface area contributed by atoms with E-state index in [1.165, 1.54) is 30.3 Å². The minimum absolute atomic E-state index is 0.0761. The molecule has 10 heteroatoms. The van der Waals surface area contributed by atoms with Crippen molar-refractivity contribution >= 4 is 37.4 Å². The summed E-state index contributed by atoms with van der Waals surface area (Å²) in [6.07, 6.45) is 2.26. The number of hydrogen-bond donors (Lipinski definition) is 2. The van der Waals surface area contributed by atoms with Gasteiger partial charge in [-0.25, -0.2) is 16.8 Å². The third-order valence-corrected chi connectivity index (χ3v) is 5.65. The summed E-state index contributed by atoms with van der Waals surface area (Å²) in [5.41, 5.74) is 0. The molecule has 24 heavy (non-hydrogen) atoms. The van der Waals surface area contributed by atoms with Gasteiger partial charge in [-0.1, -0.05) is 17.7 Å². The van der Waals surface area contributed by atoms with E-state index in [1.807, 2.05) is 0 Å². The lowest BCUT2D eigenvalue weighted by molar-refractivity contribution is -0.122. The molecule has 1 aromatic carbocycles. The van der Waals surface area contributed by atoms with Crippen molar-refractivity contribution in [2.24, 2.45) is 0 Å². The number of rotatable bonds is 9. The zero-order valence-corrected chi connectivity index (χ0v) is 15.4. The Morgan fingerprint density at radius 2 is 1.83 bits per heavy atom. The van der Waals surface area contributed by atoms with Crippen molar-refractivity contribution in [2.75, 3.05) is 18.6 Å². The Balaban J connectivity index is 2.98. The monoisotopic (exact) mass is 394 g/mol. The van der Waals surface area contributed by atoms with E-state index < -0.39 is 31.8 Å². The highest BCUT2D eigenvalue weighted by Crippen LogP contribution is 2.15. The standard InChI is InChI=1S/C14H19ClN2O5S2/c1-3-9-16-14(18)13(8-10-23(2,19)20)17-24(21,22)12-6-4-11(15)5-7-12/h3-7,13,17H,1,8-10H2,2H3,(H,16,18)/t13-/m1/s1. The van der Waals surface area contributed by atoms with Gasteiger partial charge in [0.15, 0.2) is 0 Å². The Morgan fingerprint density at radius 3 is 2.33 bits per heavy atom. The van der Waals surface area contributed by atoms with Crippen molar-refractivity contribution in [2.45, 2.75) is 17.4 Å². The van der Waals surface area contributed by atoms with Gasteiger partial charge in [-0.15, -0.1) is 6.58 Å². The average molecular weight is 395 g/mol. The maximum absolute atomic E-state index is 12.4. The van der Waals surface area contributed by atoms with Crippen molar-refractivity contribution in [3.8, 4) is 0 Å². The van der Waals surface area contributed by atoms with Gasteiger partial charge < -0.3 is 5.32 Å². The first-order chi connectivity index (χ1) is 11.0. The van der Waals surface area contributed by atoms with Crippen LogP contribution in [-0.4, -0.2) is 47.3 Å². The van der Waals surface area contributed by atoms with Gasteiger partial charge in [0.25, 0.3) is 0 Å². The second kappa shape index (κ2) is 8.61. The number of nitrogens with one attached hydrogen (secondary N) is 2. The van der Waals surface area contributed by atoms with E-state index in [2.05, 4.69) is 16.6 Å². The van der Waals surface area contributed by atoms with Gasteiger partial charge >= 0.3 is 0 Å². The summed E-state index contributed by atoms with van der Waals surface area (Å²) in [5, 5.41) is 2.82. The van der Waals surface area contributed by atoms with Crippen LogP contribution in [0.1, 0.15) is 6.42 Å². The highest BCUT2D eigenvalue weighted by Gasteiger charge is 2.26. The van der Waals surface area contributed by atoms with Crippen LogP contribution in [0.25, 0.3) is 0 Å². The Hall–Kier alpha value is -1.42. The Bertz CT molecular complexity index is 789. The van der Waals surface area contributed by atoms with Crippen LogP contribution in [0.2, 0.25) is 5.02 Å². The number of hydrogen-bond acceptors (Lipinski definition) is 5. The average Bonchev–Trinajstić information content (AvgIpc) is 2.48. The molecule has 0 saturated heterocycles. The lowest BCUT2D eigenvalue weighted by Gasteiger charge is -2.18. The molecule has 1 atom stereocenters. The fourth-order valence-corrected chi connectivity index (χ4v) is 3.76. The quantitative estimate of drug-likeness (QED) is 0.600. The number of amides is 1. The topological polar surface area (TPSA) is 109 Å². The molecule has 0 bridgehead atoms. The zero-order valence-electron chi connectivity index (χ0n) is 13.0. The largest absolute Gasteiger partial charge is 0.351 e. The van der Waals surface area contributed by atoms with Crippen LogP contribution in [0.15, 0.2) is 41.8 Å². The van der Waals surface area contributed by atoms with E-state index >= 15 is 0 Å². The van der Waals surface area contributed by atoms with Crippen molar-refractivity contribution in [3.05, 3.63) is 41.9 Å². The highest BCUT2D eigenvalue weighted by molar-refractivity contribution is 7.90. The number of carbonyl (C=O) groups excluding carboxylic acids is 1. The van der Waals surface area contributed by atoms with Gasteiger partial charge in [-0.05, 0) is 30.7 Å². The zero-order chi connectivity index (χ0) is 18.4. The first kappa shape index (κ1) is 20.6. The third kappa shape index (κ3) is 7.00. The van der Waals surface area contributed by atoms with Crippen molar-refractivity contribution in [1.82, 2.24) is 10.0 Å². The third-order valence-electron chi connectivity index (χ3n) is 2.94. The predicted molar refractivity (Wildman–Crippen MR) is 93.1 cm³/mol. The van der Waals surface area contributed by atoms with Gasteiger partial charge in [0.05, 0.1) is 10.6 Å². The summed E-state index contributed by atoms with van der Waals surface area (Å²) in [7, 11) is -7.36. The second-order valence-electron chi connectivity index (χ2n) is 5.08. The van der Waals surface area contributed by atoms with Crippen molar-refractivity contribution in [3.63, 3.8) is 0 Å². The molecule has 2 N–H and O–H groups in total. The molecule has 0 fully saturated rings. The van der Waals surface area contributed by atoms with Gasteiger partial charge in [0, 0.05) is 17.8 Å². The summed E-state index contributed by atoms with van der Waals surface area (Å²) in [6.45, 7) is 3.58. The number of sulfone groups is 1. The first-order valence-corrected chi connectivity index (χ1v) is 10.8. The van der Waals surface area contributed by atoms with Crippen LogP contribution in [0.4, 0.5) is 0 Å². The SMILES string of the molecule is C=CCNC(=O)[C@@H](CCS(C)(=O)=O)NS(=O)(=O)c1ccc(Cl)cc1. The van der Waals surface area contributed by atoms with Gasteiger partial charge in [-0.3, -0.25) is 4.79 Å². The summed E-state index contributed by atoms with van der Waals surface area (Å²) in [6, 6.07) is 4.17. The molecule has 0 spiro atoms. The minimum atomic E-state index is -4.00. The predicted octanol–water partition coefficient (Wildman–Crippen LogP) is 0.724. The Morgan fingerprint density at radius 1 is 1.25 bits per heavy atom. The maximum Gasteiger partial charge on any atom is 0.241 e. The smallest absolute Gasteiger partial charge is 0.241 e. The molecule has 1 amide bonds. The van der Waals surface area contributed by atoms with Crippen LogP contribution in [0.3, 0.4) is 0 Å². The lowest BCUT2D eigenvalue weighted by Crippen LogP contribution is -2.47. The van der Waals surface area contributed by atoms with Crippen LogP contribution < -0.4 is 10.0 Å². The second-order valence-corrected chi connectivity index (χ2v) is 9.49. The molecule has 0 radical (unpaired) electrons. The first-order valence-electron chi connectivity index (χ1n) is 6.89. The Kier molecular flexibility index (Phi) is 7.40. The molecular weight excluding hydrogens is 376 g/mol. The molecule has 0 aliphatic carbocycles. The molecule has 134 valence electrons. The van der Waals surface area contributed by atoms with Crippen molar-refractivity contribution < 1.29 is 21.6 Å². The minimum Gasteiger partial charge on any atom is -0.351 e. The van der Waals surface area contributed by atoms with E-state index in [0.29, 0.717) is 5.02 Å². The van der Waals surface area contributed by atoms with Crippen LogP contribution in [0, 0.1) is 0 Å². The molecule has 0 aromatic heterocycles. The number of carbonyl (C=O) groups is 1. The summed E-state index contributed by atoms with van der Waals surface area (Å²) < 4.78 is 49.5. The van der Waals surface area contributed by atoms with Gasteiger partial charge in [0.2, 0.25) is 15.9 Å². The van der Waals surface area contributed by atoms with Gasteiger partial charge in [0.1, 0.15) is 15.9 Å². The normalized spacial score (nSPS) is 13.2. The lowest BCUT2D eigenvalue weighted by atomic mass is 10.2. The molecule has 0 aliphatic rings. The van der Waals surface area contributed by atoms with Gasteiger partial charge in [-0.2, -0.15) is 4.72 Å². The number of halogens is 1. The number of benzene rings is 1. The fourth-order valence-electron chi connectivity index (χ4n) is 1.74. The van der Waals surface area contributed by atoms with E-state index in [4.69, 9.17) is 11.6 Å². The molecule has 1 aromatic rings. The molecule has 0 heterocycles. The van der Waals surface area contributed by atoms with Crippen LogP contribution in [-0.2, 0) is 24.7 Å². The van der Waals surface area contributed by atoms with Crippen LogP contribution in [0.5, 0.6) is 0 Å². The van der Waals surface area contributed by atoms with Crippen LogP contribution >= 0.6 is 11.6 Å². The van der Waals surface area contributed by atoms with Crippen molar-refractivity contribution in [1.29, 1.82) is 0 Å². The maximum atomic E-state index is 12.4. The molecule has 0 unspecified atom stereocenters. The fraction of sp³-hybridized carbons (Fsp3) is 0.357. The van der Waals surface area contributed by atoms with E-state index in [1.54, 1.807) is 0 Å². The van der Waals surface area contributed by atoms with E-state index in [0.717, 1.165) is 6.26 Å². The molecule has 0 saturated carbocycles. The highest BCUT2D eigenvalue weighted by atomic mass is 35.5. The van der Waals surface area contributed by atoms with E-state index in [9.17, 15) is 21.6 Å². The Labute approximate surface area is 147 Å².